The highest BCUT2D eigenvalue weighted by Gasteiger charge is 2.31. The van der Waals surface area contributed by atoms with Crippen molar-refractivity contribution in [2.75, 3.05) is 0 Å². The van der Waals surface area contributed by atoms with Crippen molar-refractivity contribution in [2.45, 2.75) is 12.8 Å². The lowest BCUT2D eigenvalue weighted by Gasteiger charge is -2.04. The Morgan fingerprint density at radius 3 is 2.12 bits per heavy atom. The molecule has 0 saturated carbocycles. The van der Waals surface area contributed by atoms with Crippen LogP contribution in [0.3, 0.4) is 0 Å². The fourth-order valence-electron chi connectivity index (χ4n) is 0.0982. The number of alkyl halides is 2. The smallest absolute Gasteiger partial charge is 0.288 e. The number of halogens is 2. The van der Waals surface area contributed by atoms with E-state index in [0.717, 1.165) is 5.48 Å². The van der Waals surface area contributed by atoms with Crippen molar-refractivity contribution in [1.82, 2.24) is 5.48 Å². The van der Waals surface area contributed by atoms with Crippen LogP contribution in [-0.2, 0) is 4.79 Å². The Bertz CT molecular complexity index is 97.9. The number of hydrogen-bond donors (Lipinski definition) is 2. The number of carbonyl (C=O) groups excluding carboxylic acids is 1. The summed E-state index contributed by atoms with van der Waals surface area (Å²) in [5.41, 5.74) is 0.816. The minimum absolute atomic E-state index is 0.387. The van der Waals surface area contributed by atoms with Crippen LogP contribution in [0.15, 0.2) is 0 Å². The van der Waals surface area contributed by atoms with Crippen LogP contribution in [0, 0.1) is 0 Å². The molecule has 0 radical (unpaired) electrons. The van der Waals surface area contributed by atoms with Gasteiger partial charge in [-0.2, -0.15) is 8.78 Å². The molecule has 0 saturated heterocycles. The minimum Gasteiger partial charge on any atom is -0.288 e. The first-order valence-corrected chi connectivity index (χ1v) is 1.81. The molecule has 8 heavy (non-hydrogen) atoms. The number of amides is 1. The average molecular weight is 125 g/mol. The fraction of sp³-hybridized carbons (Fsp3) is 0.667. The summed E-state index contributed by atoms with van der Waals surface area (Å²) in [6, 6.07) is 0. The quantitative estimate of drug-likeness (QED) is 0.387. The molecule has 3 nitrogen and oxygen atoms in total. The Morgan fingerprint density at radius 2 is 2.12 bits per heavy atom. The van der Waals surface area contributed by atoms with Crippen LogP contribution < -0.4 is 5.48 Å². The lowest BCUT2D eigenvalue weighted by molar-refractivity contribution is -0.152. The standard InChI is InChI=1S/C3H5F2NO2/c1-3(4,5)2(7)6-8/h8H,1H3,(H,6,7). The van der Waals surface area contributed by atoms with E-state index in [2.05, 4.69) is 0 Å². The maximum absolute atomic E-state index is 11.5. The summed E-state index contributed by atoms with van der Waals surface area (Å²) in [6.45, 7) is 0.387. The molecule has 0 aromatic carbocycles. The van der Waals surface area contributed by atoms with E-state index in [0.29, 0.717) is 6.92 Å². The molecule has 0 aromatic heterocycles. The highest BCUT2D eigenvalue weighted by molar-refractivity contribution is 5.81. The fourth-order valence-corrected chi connectivity index (χ4v) is 0.0982. The summed E-state index contributed by atoms with van der Waals surface area (Å²) in [6.07, 6.45) is 0. The van der Waals surface area contributed by atoms with Crippen molar-refractivity contribution < 1.29 is 18.8 Å². The van der Waals surface area contributed by atoms with E-state index in [1.54, 1.807) is 0 Å². The van der Waals surface area contributed by atoms with Gasteiger partial charge in [0.25, 0.3) is 0 Å². The van der Waals surface area contributed by atoms with E-state index in [9.17, 15) is 13.6 Å². The monoisotopic (exact) mass is 125 g/mol. The van der Waals surface area contributed by atoms with Crippen LogP contribution in [-0.4, -0.2) is 17.0 Å². The first-order chi connectivity index (χ1) is 3.48. The van der Waals surface area contributed by atoms with Crippen LogP contribution in [0.25, 0.3) is 0 Å². The number of hydrogen-bond acceptors (Lipinski definition) is 2. The Kier molecular flexibility index (Phi) is 1.86. The predicted octanol–water partition coefficient (Wildman–Crippen LogP) is 0.147. The van der Waals surface area contributed by atoms with Crippen LogP contribution in [0.4, 0.5) is 8.78 Å². The van der Waals surface area contributed by atoms with E-state index in [4.69, 9.17) is 5.21 Å². The van der Waals surface area contributed by atoms with Gasteiger partial charge in [-0.15, -0.1) is 0 Å². The molecule has 0 rings (SSSR count). The molecule has 0 aliphatic carbocycles. The lowest BCUT2D eigenvalue weighted by Crippen LogP contribution is -2.35. The molecule has 0 aromatic rings. The van der Waals surface area contributed by atoms with E-state index in [-0.39, 0.29) is 0 Å². The number of carbonyl (C=O) groups is 1. The number of rotatable bonds is 1. The van der Waals surface area contributed by atoms with Gasteiger partial charge in [-0.3, -0.25) is 10.0 Å². The zero-order chi connectivity index (χ0) is 6.78. The second-order valence-electron chi connectivity index (χ2n) is 1.33. The first kappa shape index (κ1) is 7.29. The zero-order valence-electron chi connectivity index (χ0n) is 4.11. The van der Waals surface area contributed by atoms with Crippen LogP contribution in [0.5, 0.6) is 0 Å². The van der Waals surface area contributed by atoms with Gasteiger partial charge in [-0.25, -0.2) is 5.48 Å². The number of hydroxylamine groups is 1. The second kappa shape index (κ2) is 2.04. The van der Waals surface area contributed by atoms with Crippen molar-refractivity contribution in [2.24, 2.45) is 0 Å². The summed E-state index contributed by atoms with van der Waals surface area (Å²) in [5, 5.41) is 7.59. The van der Waals surface area contributed by atoms with Crippen LogP contribution in [0.2, 0.25) is 0 Å². The van der Waals surface area contributed by atoms with E-state index >= 15 is 0 Å². The average Bonchev–Trinajstić information content (AvgIpc) is 1.62. The number of nitrogens with one attached hydrogen (secondary N) is 1. The van der Waals surface area contributed by atoms with Crippen LogP contribution >= 0.6 is 0 Å². The molecule has 0 unspecified atom stereocenters. The van der Waals surface area contributed by atoms with Gasteiger partial charge >= 0.3 is 11.8 Å². The molecule has 0 bridgehead atoms. The largest absolute Gasteiger partial charge is 0.324 e. The van der Waals surface area contributed by atoms with E-state index in [1.165, 1.54) is 0 Å². The summed E-state index contributed by atoms with van der Waals surface area (Å²) in [7, 11) is 0. The Hall–Kier alpha value is -0.710. The van der Waals surface area contributed by atoms with Crippen molar-refractivity contribution in [1.29, 1.82) is 0 Å². The van der Waals surface area contributed by atoms with Crippen LogP contribution in [0.1, 0.15) is 6.92 Å². The normalized spacial score (nSPS) is 11.0. The van der Waals surface area contributed by atoms with Gasteiger partial charge in [-0.05, 0) is 0 Å². The Balaban J connectivity index is 3.82. The highest BCUT2D eigenvalue weighted by atomic mass is 19.3. The van der Waals surface area contributed by atoms with Gasteiger partial charge in [0.15, 0.2) is 0 Å². The molecule has 0 heterocycles. The Morgan fingerprint density at radius 1 is 1.75 bits per heavy atom. The third-order valence-corrected chi connectivity index (χ3v) is 0.500. The molecular formula is C3H5F2NO2. The van der Waals surface area contributed by atoms with Gasteiger partial charge in [-0.1, -0.05) is 0 Å². The molecule has 1 amide bonds. The van der Waals surface area contributed by atoms with Crippen molar-refractivity contribution in [3.05, 3.63) is 0 Å². The molecule has 0 atom stereocenters. The lowest BCUT2D eigenvalue weighted by atomic mass is 10.4. The summed E-state index contributed by atoms with van der Waals surface area (Å²) in [4.78, 5) is 9.72. The molecule has 0 aliphatic rings. The van der Waals surface area contributed by atoms with Gasteiger partial charge in [0.05, 0.1) is 0 Å². The van der Waals surface area contributed by atoms with Gasteiger partial charge in [0.2, 0.25) is 0 Å². The van der Waals surface area contributed by atoms with Crippen molar-refractivity contribution in [3.8, 4) is 0 Å². The Labute approximate surface area is 44.3 Å². The molecule has 0 fully saturated rings. The molecular weight excluding hydrogens is 120 g/mol. The molecule has 0 aliphatic heterocycles. The molecule has 0 spiro atoms. The highest BCUT2D eigenvalue weighted by Crippen LogP contribution is 2.09. The van der Waals surface area contributed by atoms with Gasteiger partial charge in [0, 0.05) is 6.92 Å². The predicted molar refractivity (Wildman–Crippen MR) is 20.6 cm³/mol. The molecule has 2 N–H and O–H groups in total. The third kappa shape index (κ3) is 1.83. The maximum Gasteiger partial charge on any atom is 0.324 e. The summed E-state index contributed by atoms with van der Waals surface area (Å²) >= 11 is 0. The molecule has 48 valence electrons. The van der Waals surface area contributed by atoms with E-state index < -0.39 is 11.8 Å². The maximum atomic E-state index is 11.5. The SMILES string of the molecule is CC(F)(F)C(=O)NO. The van der Waals surface area contributed by atoms with E-state index in [1.807, 2.05) is 0 Å². The van der Waals surface area contributed by atoms with Crippen molar-refractivity contribution >= 4 is 5.91 Å². The minimum atomic E-state index is -3.49. The first-order valence-electron chi connectivity index (χ1n) is 1.81. The van der Waals surface area contributed by atoms with Gasteiger partial charge in [0.1, 0.15) is 0 Å². The third-order valence-electron chi connectivity index (χ3n) is 0.500. The molecule has 5 heteroatoms. The van der Waals surface area contributed by atoms with Gasteiger partial charge < -0.3 is 0 Å². The summed E-state index contributed by atoms with van der Waals surface area (Å²) < 4.78 is 23.1. The zero-order valence-corrected chi connectivity index (χ0v) is 4.11. The summed E-state index contributed by atoms with van der Waals surface area (Å²) in [5.74, 6) is -5.19. The topological polar surface area (TPSA) is 49.3 Å². The van der Waals surface area contributed by atoms with Crippen molar-refractivity contribution in [3.63, 3.8) is 0 Å². The second-order valence-corrected chi connectivity index (χ2v) is 1.33.